The third kappa shape index (κ3) is 5.98. The topological polar surface area (TPSA) is 59.0 Å². The van der Waals surface area contributed by atoms with Crippen molar-refractivity contribution in [1.29, 1.82) is 0 Å². The second kappa shape index (κ2) is 10.2. The Balaban J connectivity index is 0.00000132. The van der Waals surface area contributed by atoms with E-state index in [9.17, 15) is 4.79 Å². The molecule has 1 fully saturated rings. The van der Waals surface area contributed by atoms with Crippen LogP contribution in [0.25, 0.3) is 0 Å². The van der Waals surface area contributed by atoms with Crippen LogP contribution in [0.4, 0.5) is 0 Å². The highest BCUT2D eigenvalue weighted by molar-refractivity contribution is 5.85. The zero-order valence-corrected chi connectivity index (χ0v) is 15.2. The molecule has 0 bridgehead atoms. The standard InChI is InChI=1S/C16H26N4O.2ClH/c21-16(5-4-13-6-8-17-11-13)18-9-7-14-12-20-10-2-1-3-15(20)19-14;;/h12-13,17H,1-11H2,(H,18,21);2*1H. The molecule has 1 aromatic rings. The van der Waals surface area contributed by atoms with Gasteiger partial charge in [0.15, 0.2) is 0 Å². The van der Waals surface area contributed by atoms with Crippen molar-refractivity contribution in [2.75, 3.05) is 19.6 Å². The van der Waals surface area contributed by atoms with E-state index in [1.165, 1.54) is 25.1 Å². The van der Waals surface area contributed by atoms with Gasteiger partial charge in [0, 0.05) is 38.5 Å². The van der Waals surface area contributed by atoms with Crippen LogP contribution in [0.5, 0.6) is 0 Å². The quantitative estimate of drug-likeness (QED) is 0.814. The first-order chi connectivity index (χ1) is 10.3. The maximum atomic E-state index is 11.8. The van der Waals surface area contributed by atoms with E-state index in [4.69, 9.17) is 0 Å². The molecule has 2 aliphatic heterocycles. The third-order valence-electron chi connectivity index (χ3n) is 4.60. The molecule has 2 N–H and O–H groups in total. The van der Waals surface area contributed by atoms with Crippen LogP contribution in [0, 0.1) is 5.92 Å². The number of rotatable bonds is 6. The third-order valence-corrected chi connectivity index (χ3v) is 4.60. The van der Waals surface area contributed by atoms with Crippen LogP contribution in [0.1, 0.15) is 43.6 Å². The molecule has 1 aromatic heterocycles. The molecule has 0 saturated carbocycles. The van der Waals surface area contributed by atoms with Gasteiger partial charge in [-0.15, -0.1) is 24.8 Å². The number of halogens is 2. The first kappa shape index (κ1) is 20.3. The average Bonchev–Trinajstić information content (AvgIpc) is 3.14. The average molecular weight is 363 g/mol. The molecule has 0 aromatic carbocycles. The lowest BCUT2D eigenvalue weighted by atomic mass is 10.0. The van der Waals surface area contributed by atoms with Gasteiger partial charge in [-0.1, -0.05) is 0 Å². The van der Waals surface area contributed by atoms with Gasteiger partial charge < -0.3 is 15.2 Å². The van der Waals surface area contributed by atoms with Crippen molar-refractivity contribution in [3.63, 3.8) is 0 Å². The number of hydrogen-bond acceptors (Lipinski definition) is 3. The Morgan fingerprint density at radius 1 is 1.39 bits per heavy atom. The Kier molecular flexibility index (Phi) is 8.95. The Labute approximate surface area is 150 Å². The van der Waals surface area contributed by atoms with E-state index in [1.54, 1.807) is 0 Å². The van der Waals surface area contributed by atoms with Gasteiger partial charge in [-0.05, 0) is 44.7 Å². The number of amides is 1. The lowest BCUT2D eigenvalue weighted by Crippen LogP contribution is -2.26. The molecule has 0 radical (unpaired) electrons. The predicted octanol–water partition coefficient (Wildman–Crippen LogP) is 2.11. The Morgan fingerprint density at radius 2 is 2.26 bits per heavy atom. The fraction of sp³-hybridized carbons (Fsp3) is 0.750. The number of carbonyl (C=O) groups excluding carboxylic acids is 1. The molecule has 5 nitrogen and oxygen atoms in total. The van der Waals surface area contributed by atoms with Gasteiger partial charge in [0.25, 0.3) is 0 Å². The van der Waals surface area contributed by atoms with E-state index in [0.717, 1.165) is 44.6 Å². The van der Waals surface area contributed by atoms with E-state index in [1.807, 2.05) is 0 Å². The van der Waals surface area contributed by atoms with Gasteiger partial charge in [0.2, 0.25) is 5.91 Å². The van der Waals surface area contributed by atoms with Crippen LogP contribution >= 0.6 is 24.8 Å². The normalized spacial score (nSPS) is 19.4. The van der Waals surface area contributed by atoms with Crippen LogP contribution in [-0.4, -0.2) is 35.1 Å². The van der Waals surface area contributed by atoms with Crippen molar-refractivity contribution in [3.8, 4) is 0 Å². The molecule has 2 aliphatic rings. The lowest BCUT2D eigenvalue weighted by Gasteiger charge is -2.11. The minimum absolute atomic E-state index is 0. The summed E-state index contributed by atoms with van der Waals surface area (Å²) >= 11 is 0. The molecule has 1 saturated heterocycles. The smallest absolute Gasteiger partial charge is 0.220 e. The molecule has 1 amide bonds. The number of nitrogens with one attached hydrogen (secondary N) is 2. The summed E-state index contributed by atoms with van der Waals surface area (Å²) in [6, 6.07) is 0. The van der Waals surface area contributed by atoms with Crippen LogP contribution in [-0.2, 0) is 24.2 Å². The molecule has 132 valence electrons. The summed E-state index contributed by atoms with van der Waals surface area (Å²) < 4.78 is 2.27. The summed E-state index contributed by atoms with van der Waals surface area (Å²) in [5.41, 5.74) is 1.12. The second-order valence-corrected chi connectivity index (χ2v) is 6.30. The lowest BCUT2D eigenvalue weighted by molar-refractivity contribution is -0.121. The molecule has 3 rings (SSSR count). The Morgan fingerprint density at radius 3 is 3.00 bits per heavy atom. The second-order valence-electron chi connectivity index (χ2n) is 6.30. The van der Waals surface area contributed by atoms with Crippen LogP contribution in [0.3, 0.4) is 0 Å². The molecule has 3 heterocycles. The van der Waals surface area contributed by atoms with E-state index in [-0.39, 0.29) is 30.7 Å². The van der Waals surface area contributed by atoms with E-state index in [2.05, 4.69) is 26.4 Å². The molecule has 0 aliphatic carbocycles. The summed E-state index contributed by atoms with van der Waals surface area (Å²) in [4.78, 5) is 16.5. The van der Waals surface area contributed by atoms with Gasteiger partial charge in [-0.25, -0.2) is 4.98 Å². The summed E-state index contributed by atoms with van der Waals surface area (Å²) in [6.45, 7) is 3.99. The number of carbonyl (C=O) groups is 1. The van der Waals surface area contributed by atoms with Gasteiger partial charge in [-0.3, -0.25) is 4.79 Å². The predicted molar refractivity (Wildman–Crippen MR) is 96.6 cm³/mol. The number of hydrogen-bond donors (Lipinski definition) is 2. The van der Waals surface area contributed by atoms with Crippen LogP contribution in [0.2, 0.25) is 0 Å². The van der Waals surface area contributed by atoms with E-state index < -0.39 is 0 Å². The largest absolute Gasteiger partial charge is 0.356 e. The fourth-order valence-corrected chi connectivity index (χ4v) is 3.31. The van der Waals surface area contributed by atoms with Crippen LogP contribution in [0.15, 0.2) is 6.20 Å². The number of aryl methyl sites for hydroxylation is 2. The van der Waals surface area contributed by atoms with Gasteiger partial charge >= 0.3 is 0 Å². The van der Waals surface area contributed by atoms with Gasteiger partial charge in [-0.2, -0.15) is 0 Å². The minimum Gasteiger partial charge on any atom is -0.356 e. The van der Waals surface area contributed by atoms with Gasteiger partial charge in [0.05, 0.1) is 5.69 Å². The Bertz CT molecular complexity index is 463. The van der Waals surface area contributed by atoms with E-state index >= 15 is 0 Å². The molecular weight excluding hydrogens is 335 g/mol. The number of aromatic nitrogens is 2. The SMILES string of the molecule is Cl.Cl.O=C(CCC1CCNC1)NCCc1cn2c(n1)CCCC2. The molecule has 7 heteroatoms. The zero-order valence-electron chi connectivity index (χ0n) is 13.6. The maximum absolute atomic E-state index is 11.8. The summed E-state index contributed by atoms with van der Waals surface area (Å²) in [5, 5.41) is 6.37. The fourth-order valence-electron chi connectivity index (χ4n) is 3.31. The van der Waals surface area contributed by atoms with Crippen molar-refractivity contribution >= 4 is 30.7 Å². The van der Waals surface area contributed by atoms with Gasteiger partial charge in [0.1, 0.15) is 5.82 Å². The maximum Gasteiger partial charge on any atom is 0.220 e. The van der Waals surface area contributed by atoms with Crippen molar-refractivity contribution in [3.05, 3.63) is 17.7 Å². The molecule has 0 spiro atoms. The highest BCUT2D eigenvalue weighted by Crippen LogP contribution is 2.15. The molecule has 1 unspecified atom stereocenters. The Hall–Kier alpha value is -0.780. The summed E-state index contributed by atoms with van der Waals surface area (Å²) in [5.74, 6) is 2.10. The zero-order chi connectivity index (χ0) is 14.5. The first-order valence-corrected chi connectivity index (χ1v) is 8.33. The molecule has 23 heavy (non-hydrogen) atoms. The van der Waals surface area contributed by atoms with Crippen molar-refractivity contribution in [2.24, 2.45) is 5.92 Å². The number of nitrogens with zero attached hydrogens (tertiary/aromatic N) is 2. The highest BCUT2D eigenvalue weighted by Gasteiger charge is 2.16. The molecule has 1 atom stereocenters. The summed E-state index contributed by atoms with van der Waals surface area (Å²) in [7, 11) is 0. The van der Waals surface area contributed by atoms with Crippen molar-refractivity contribution in [2.45, 2.75) is 51.5 Å². The first-order valence-electron chi connectivity index (χ1n) is 8.33. The monoisotopic (exact) mass is 362 g/mol. The highest BCUT2D eigenvalue weighted by atomic mass is 35.5. The number of fused-ring (bicyclic) bond motifs is 1. The van der Waals surface area contributed by atoms with Crippen molar-refractivity contribution in [1.82, 2.24) is 20.2 Å². The van der Waals surface area contributed by atoms with E-state index in [0.29, 0.717) is 18.9 Å². The van der Waals surface area contributed by atoms with Crippen LogP contribution < -0.4 is 10.6 Å². The summed E-state index contributed by atoms with van der Waals surface area (Å²) in [6.07, 6.45) is 9.50. The van der Waals surface area contributed by atoms with Crippen molar-refractivity contribution < 1.29 is 4.79 Å². The minimum atomic E-state index is 0. The molecular formula is C16H28Cl2N4O. The number of imidazole rings is 1.